The van der Waals surface area contributed by atoms with Crippen LogP contribution in [0.15, 0.2) is 70.6 Å². The van der Waals surface area contributed by atoms with E-state index >= 15 is 0 Å². The quantitative estimate of drug-likeness (QED) is 0.175. The minimum atomic E-state index is -0.975. The van der Waals surface area contributed by atoms with Crippen molar-refractivity contribution < 1.29 is 23.2 Å². The van der Waals surface area contributed by atoms with Gasteiger partial charge in [0.25, 0.3) is 11.2 Å². The molecule has 0 saturated carbocycles. The zero-order valence-corrected chi connectivity index (χ0v) is 18.8. The van der Waals surface area contributed by atoms with Gasteiger partial charge in [0, 0.05) is 18.2 Å². The molecule has 4 rings (SSSR count). The smallest absolute Gasteiger partial charge is 0.271 e. The van der Waals surface area contributed by atoms with Crippen molar-refractivity contribution in [2.24, 2.45) is 0 Å². The first kappa shape index (κ1) is 23.8. The van der Waals surface area contributed by atoms with Crippen molar-refractivity contribution in [1.82, 2.24) is 9.55 Å². The van der Waals surface area contributed by atoms with Crippen LogP contribution in [0.4, 0.5) is 20.2 Å². The molecule has 1 amide bonds. The molecule has 0 fully saturated rings. The van der Waals surface area contributed by atoms with Crippen molar-refractivity contribution in [1.29, 1.82) is 0 Å². The molecule has 0 aliphatic carbocycles. The van der Waals surface area contributed by atoms with Crippen LogP contribution in [-0.2, 0) is 4.79 Å². The standard InChI is InChI=1S/C23H16F2N4O5S/c1-34-20-9-7-14(29(32)33)11-18(20)26-21(30)12-35-23-27-17-5-3-2-4-15(17)22(31)28(23)19-8-6-13(24)10-16(19)25/h2-11H,12H2,1H3,(H,26,30). The molecule has 1 heterocycles. The number of benzene rings is 3. The predicted octanol–water partition coefficient (Wildman–Crippen LogP) is 4.31. The Balaban J connectivity index is 1.68. The van der Waals surface area contributed by atoms with E-state index in [2.05, 4.69) is 10.3 Å². The summed E-state index contributed by atoms with van der Waals surface area (Å²) >= 11 is 0.840. The van der Waals surface area contributed by atoms with Crippen LogP contribution in [0.5, 0.6) is 5.75 Å². The molecule has 0 atom stereocenters. The molecule has 1 aromatic heterocycles. The van der Waals surface area contributed by atoms with E-state index < -0.39 is 28.0 Å². The second kappa shape index (κ2) is 9.89. The third-order valence-electron chi connectivity index (χ3n) is 4.90. The fraction of sp³-hybridized carbons (Fsp3) is 0.0870. The molecule has 0 radical (unpaired) electrons. The summed E-state index contributed by atoms with van der Waals surface area (Å²) in [6.45, 7) is 0. The number of aromatic nitrogens is 2. The van der Waals surface area contributed by atoms with Crippen LogP contribution in [0.1, 0.15) is 0 Å². The zero-order chi connectivity index (χ0) is 25.1. The van der Waals surface area contributed by atoms with Gasteiger partial charge in [-0.25, -0.2) is 13.8 Å². The summed E-state index contributed by atoms with van der Waals surface area (Å²) in [5, 5.41) is 13.8. The molecule has 0 aliphatic rings. The molecule has 1 N–H and O–H groups in total. The predicted molar refractivity (Wildman–Crippen MR) is 126 cm³/mol. The van der Waals surface area contributed by atoms with E-state index in [1.54, 1.807) is 18.2 Å². The van der Waals surface area contributed by atoms with Gasteiger partial charge in [0.1, 0.15) is 17.4 Å². The molecule has 0 saturated heterocycles. The van der Waals surface area contributed by atoms with Gasteiger partial charge in [0.05, 0.1) is 40.1 Å². The Hall–Kier alpha value is -4.32. The molecule has 3 aromatic carbocycles. The summed E-state index contributed by atoms with van der Waals surface area (Å²) in [7, 11) is 1.35. The van der Waals surface area contributed by atoms with Gasteiger partial charge >= 0.3 is 0 Å². The van der Waals surface area contributed by atoms with E-state index in [0.29, 0.717) is 11.6 Å². The Bertz CT molecular complexity index is 1530. The number of nitro groups is 1. The van der Waals surface area contributed by atoms with Gasteiger partial charge in [-0.3, -0.25) is 24.3 Å². The minimum Gasteiger partial charge on any atom is -0.495 e. The third kappa shape index (κ3) is 4.96. The van der Waals surface area contributed by atoms with Crippen LogP contribution in [0.3, 0.4) is 0 Å². The highest BCUT2D eigenvalue weighted by Gasteiger charge is 2.19. The summed E-state index contributed by atoms with van der Waals surface area (Å²) in [5.41, 5.74) is -0.645. The SMILES string of the molecule is COc1ccc([N+](=O)[O-])cc1NC(=O)CSc1nc2ccccc2c(=O)n1-c1ccc(F)cc1F. The number of fused-ring (bicyclic) bond motifs is 1. The summed E-state index contributed by atoms with van der Waals surface area (Å²) < 4.78 is 34.2. The lowest BCUT2D eigenvalue weighted by Crippen LogP contribution is -2.24. The number of ether oxygens (including phenoxy) is 1. The van der Waals surface area contributed by atoms with Gasteiger partial charge < -0.3 is 10.1 Å². The van der Waals surface area contributed by atoms with Crippen LogP contribution in [0, 0.1) is 21.7 Å². The number of non-ortho nitro benzene ring substituents is 1. The lowest BCUT2D eigenvalue weighted by molar-refractivity contribution is -0.384. The molecule has 178 valence electrons. The molecule has 9 nitrogen and oxygen atoms in total. The first-order valence-electron chi connectivity index (χ1n) is 10.0. The lowest BCUT2D eigenvalue weighted by atomic mass is 10.2. The maximum Gasteiger partial charge on any atom is 0.271 e. The number of methoxy groups -OCH3 is 1. The zero-order valence-electron chi connectivity index (χ0n) is 18.0. The molecule has 4 aromatic rings. The fourth-order valence-electron chi connectivity index (χ4n) is 3.31. The van der Waals surface area contributed by atoms with Crippen molar-refractivity contribution in [2.75, 3.05) is 18.2 Å². The number of para-hydroxylation sites is 1. The van der Waals surface area contributed by atoms with Crippen molar-refractivity contribution in [3.05, 3.63) is 92.8 Å². The topological polar surface area (TPSA) is 116 Å². The average Bonchev–Trinajstić information content (AvgIpc) is 2.83. The first-order chi connectivity index (χ1) is 16.8. The Morgan fingerprint density at radius 3 is 2.66 bits per heavy atom. The van der Waals surface area contributed by atoms with Crippen molar-refractivity contribution in [2.45, 2.75) is 5.16 Å². The van der Waals surface area contributed by atoms with Gasteiger partial charge in [-0.05, 0) is 30.3 Å². The number of carbonyl (C=O) groups excluding carboxylic acids is 1. The van der Waals surface area contributed by atoms with Gasteiger partial charge in [0.15, 0.2) is 5.16 Å². The molecular weight excluding hydrogens is 482 g/mol. The maximum atomic E-state index is 14.6. The first-order valence-corrected chi connectivity index (χ1v) is 11.0. The van der Waals surface area contributed by atoms with Gasteiger partial charge in [-0.1, -0.05) is 23.9 Å². The number of halogens is 2. The number of thioether (sulfide) groups is 1. The van der Waals surface area contributed by atoms with Gasteiger partial charge in [-0.15, -0.1) is 0 Å². The molecule has 0 unspecified atom stereocenters. The average molecular weight is 498 g/mol. The van der Waals surface area contributed by atoms with E-state index in [-0.39, 0.29) is 39.1 Å². The fourth-order valence-corrected chi connectivity index (χ4v) is 4.11. The van der Waals surface area contributed by atoms with E-state index in [1.807, 2.05) is 0 Å². The van der Waals surface area contributed by atoms with Crippen LogP contribution in [-0.4, -0.2) is 33.2 Å². The van der Waals surface area contributed by atoms with Crippen LogP contribution in [0.2, 0.25) is 0 Å². The number of nitro benzene ring substituents is 1. The molecule has 0 bridgehead atoms. The molecule has 12 heteroatoms. The summed E-state index contributed by atoms with van der Waals surface area (Å²) in [6, 6.07) is 12.9. The minimum absolute atomic E-state index is 0.000338. The second-order valence-corrected chi connectivity index (χ2v) is 8.07. The van der Waals surface area contributed by atoms with Crippen molar-refractivity contribution in [3.63, 3.8) is 0 Å². The van der Waals surface area contributed by atoms with E-state index in [0.717, 1.165) is 34.5 Å². The number of nitrogens with one attached hydrogen (secondary N) is 1. The molecule has 0 aliphatic heterocycles. The van der Waals surface area contributed by atoms with E-state index in [1.165, 1.54) is 25.3 Å². The summed E-state index contributed by atoms with van der Waals surface area (Å²) in [4.78, 5) is 40.7. The highest BCUT2D eigenvalue weighted by molar-refractivity contribution is 7.99. The summed E-state index contributed by atoms with van der Waals surface area (Å²) in [5.74, 6) is -2.44. The molecule has 35 heavy (non-hydrogen) atoms. The normalized spacial score (nSPS) is 10.8. The largest absolute Gasteiger partial charge is 0.495 e. The number of anilines is 1. The Morgan fingerprint density at radius 1 is 1.17 bits per heavy atom. The number of rotatable bonds is 7. The second-order valence-electron chi connectivity index (χ2n) is 7.13. The highest BCUT2D eigenvalue weighted by atomic mass is 32.2. The number of hydrogen-bond acceptors (Lipinski definition) is 7. The Kier molecular flexibility index (Phi) is 6.73. The number of amides is 1. The van der Waals surface area contributed by atoms with E-state index in [4.69, 9.17) is 4.74 Å². The Morgan fingerprint density at radius 2 is 1.94 bits per heavy atom. The van der Waals surface area contributed by atoms with Crippen LogP contribution in [0.25, 0.3) is 16.6 Å². The number of hydrogen-bond donors (Lipinski definition) is 1. The monoisotopic (exact) mass is 498 g/mol. The molecule has 0 spiro atoms. The van der Waals surface area contributed by atoms with Gasteiger partial charge in [0.2, 0.25) is 5.91 Å². The van der Waals surface area contributed by atoms with E-state index in [9.17, 15) is 28.5 Å². The number of nitrogens with zero attached hydrogens (tertiary/aromatic N) is 3. The Labute approximate surface area is 200 Å². The molecular formula is C23H16F2N4O5S. The summed E-state index contributed by atoms with van der Waals surface area (Å²) in [6.07, 6.45) is 0. The van der Waals surface area contributed by atoms with Crippen molar-refractivity contribution >= 4 is 39.9 Å². The number of carbonyl (C=O) groups is 1. The van der Waals surface area contributed by atoms with Crippen LogP contribution < -0.4 is 15.6 Å². The van der Waals surface area contributed by atoms with Crippen LogP contribution >= 0.6 is 11.8 Å². The third-order valence-corrected chi connectivity index (χ3v) is 5.83. The van der Waals surface area contributed by atoms with Crippen molar-refractivity contribution in [3.8, 4) is 11.4 Å². The maximum absolute atomic E-state index is 14.6. The lowest BCUT2D eigenvalue weighted by Gasteiger charge is -2.14. The highest BCUT2D eigenvalue weighted by Crippen LogP contribution is 2.29. The van der Waals surface area contributed by atoms with Gasteiger partial charge in [-0.2, -0.15) is 0 Å².